The number of para-hydroxylation sites is 1. The van der Waals surface area contributed by atoms with Crippen LogP contribution in [0.25, 0.3) is 0 Å². The molecule has 3 aliphatic rings. The Morgan fingerprint density at radius 3 is 2.37 bits per heavy atom. The predicted octanol–water partition coefficient (Wildman–Crippen LogP) is 4.97. The number of hydrogen-bond acceptors (Lipinski definition) is 6. The molecule has 1 aromatic heterocycles. The first-order valence-corrected chi connectivity index (χ1v) is 17.1. The quantitative estimate of drug-likeness (QED) is 0.307. The molecule has 0 radical (unpaired) electrons. The number of rotatable bonds is 6. The van der Waals surface area contributed by atoms with E-state index in [9.17, 15) is 27.6 Å². The summed E-state index contributed by atoms with van der Waals surface area (Å²) in [6.07, 6.45) is 0.340. The lowest BCUT2D eigenvalue weighted by Crippen LogP contribution is -2.58. The summed E-state index contributed by atoms with van der Waals surface area (Å²) in [4.78, 5) is 51.9. The number of pyridine rings is 1. The lowest BCUT2D eigenvalue weighted by molar-refractivity contribution is -0.137. The normalized spacial score (nSPS) is 18.0. The van der Waals surface area contributed by atoms with Crippen LogP contribution >= 0.6 is 15.9 Å². The van der Waals surface area contributed by atoms with Crippen LogP contribution in [0, 0.1) is 0 Å². The maximum Gasteiger partial charge on any atom is 0.418 e. The van der Waals surface area contributed by atoms with Gasteiger partial charge in [0.2, 0.25) is 5.91 Å². The molecular formula is C34H38BrF3N8O3. The Kier molecular flexibility index (Phi) is 10.2. The molecule has 0 spiro atoms. The molecule has 3 aromatic rings. The van der Waals surface area contributed by atoms with E-state index < -0.39 is 29.5 Å². The van der Waals surface area contributed by atoms with Gasteiger partial charge >= 0.3 is 18.2 Å². The molecule has 0 saturated carbocycles. The van der Waals surface area contributed by atoms with Gasteiger partial charge < -0.3 is 36.0 Å². The topological polar surface area (TPSA) is 127 Å². The number of urea groups is 2. The highest BCUT2D eigenvalue weighted by molar-refractivity contribution is 9.10. The lowest BCUT2D eigenvalue weighted by Gasteiger charge is -2.39. The van der Waals surface area contributed by atoms with E-state index in [1.165, 1.54) is 6.07 Å². The second-order valence-electron chi connectivity index (χ2n) is 12.5. The van der Waals surface area contributed by atoms with E-state index in [1.54, 1.807) is 22.2 Å². The molecular weight excluding hydrogens is 705 g/mol. The van der Waals surface area contributed by atoms with Gasteiger partial charge in [0.15, 0.2) is 0 Å². The average Bonchev–Trinajstić information content (AvgIpc) is 3.27. The standard InChI is InChI=1S/C34H38BrF3N8O3/c35-27-20-22(19-26(30(27)39)34(36,37)38)21-29(31(47)44-17-15-43(16-18-44)24-5-10-40-11-6-24)42-32(48)45-12-8-25(9-13-45)46-14-7-23-3-1-2-4-28(23)41-33(46)49/h1-6,10-11,19-20,25,29H,7-9,12-18,21,39H2,(H,41,49)(H,42,48)/t29-/m1/s1. The molecule has 1 atom stereocenters. The van der Waals surface area contributed by atoms with Crippen LogP contribution < -0.4 is 21.3 Å². The minimum absolute atomic E-state index is 0.0588. The number of anilines is 3. The Hall–Kier alpha value is -4.53. The van der Waals surface area contributed by atoms with E-state index in [2.05, 4.69) is 36.4 Å². The smallest absolute Gasteiger partial charge is 0.397 e. The number of fused-ring (bicyclic) bond motifs is 1. The van der Waals surface area contributed by atoms with Crippen molar-refractivity contribution in [3.05, 3.63) is 82.1 Å². The fourth-order valence-corrected chi connectivity index (χ4v) is 7.29. The van der Waals surface area contributed by atoms with Crippen molar-refractivity contribution in [2.24, 2.45) is 0 Å². The van der Waals surface area contributed by atoms with Crippen molar-refractivity contribution < 1.29 is 27.6 Å². The number of amides is 5. The summed E-state index contributed by atoms with van der Waals surface area (Å²) in [5, 5.41) is 5.84. The molecule has 0 bridgehead atoms. The third kappa shape index (κ3) is 7.87. The third-order valence-corrected chi connectivity index (χ3v) is 10.1. The number of hydrogen-bond donors (Lipinski definition) is 3. The molecule has 0 aliphatic carbocycles. The number of halogens is 4. The maximum absolute atomic E-state index is 14.0. The van der Waals surface area contributed by atoms with Crippen molar-refractivity contribution in [1.82, 2.24) is 25.0 Å². The Bertz CT molecular complexity index is 1680. The Morgan fingerprint density at radius 2 is 1.67 bits per heavy atom. The van der Waals surface area contributed by atoms with Crippen molar-refractivity contribution in [3.63, 3.8) is 0 Å². The molecule has 5 amide bonds. The summed E-state index contributed by atoms with van der Waals surface area (Å²) in [6.45, 7) is 3.10. The first kappa shape index (κ1) is 34.3. The van der Waals surface area contributed by atoms with E-state index in [0.717, 1.165) is 23.0 Å². The third-order valence-electron chi connectivity index (χ3n) is 9.48. The number of carbonyl (C=O) groups is 3. The maximum atomic E-state index is 14.0. The number of piperazine rings is 1. The van der Waals surface area contributed by atoms with E-state index in [-0.39, 0.29) is 34.4 Å². The van der Waals surface area contributed by atoms with Crippen molar-refractivity contribution in [1.29, 1.82) is 0 Å². The molecule has 260 valence electrons. The highest BCUT2D eigenvalue weighted by Gasteiger charge is 2.37. The summed E-state index contributed by atoms with van der Waals surface area (Å²) < 4.78 is 41.5. The predicted molar refractivity (Wildman–Crippen MR) is 183 cm³/mol. The number of nitrogens with zero attached hydrogens (tertiary/aromatic N) is 5. The second-order valence-corrected chi connectivity index (χ2v) is 13.4. The molecule has 3 aliphatic heterocycles. The van der Waals surface area contributed by atoms with Gasteiger partial charge in [-0.15, -0.1) is 0 Å². The average molecular weight is 744 g/mol. The lowest BCUT2D eigenvalue weighted by atomic mass is 10.0. The number of likely N-dealkylation sites (tertiary alicyclic amines) is 1. The van der Waals surface area contributed by atoms with E-state index in [4.69, 9.17) is 5.73 Å². The molecule has 4 heterocycles. The van der Waals surface area contributed by atoms with Gasteiger partial charge in [-0.05, 0) is 76.7 Å². The minimum atomic E-state index is -4.70. The SMILES string of the molecule is Nc1c(Br)cc(C[C@@H](NC(=O)N2CCC(N3CCc4ccccc4NC3=O)CC2)C(=O)N2CCN(c3ccncc3)CC2)cc1C(F)(F)F. The molecule has 6 rings (SSSR count). The van der Waals surface area contributed by atoms with Gasteiger partial charge in [-0.2, -0.15) is 13.2 Å². The number of carbonyl (C=O) groups excluding carboxylic acids is 3. The van der Waals surface area contributed by atoms with Gasteiger partial charge in [0, 0.05) is 86.5 Å². The van der Waals surface area contributed by atoms with Crippen LogP contribution in [-0.4, -0.2) is 95.6 Å². The minimum Gasteiger partial charge on any atom is -0.397 e. The van der Waals surface area contributed by atoms with Crippen LogP contribution in [0.4, 0.5) is 39.8 Å². The van der Waals surface area contributed by atoms with Gasteiger partial charge in [0.1, 0.15) is 6.04 Å². The van der Waals surface area contributed by atoms with E-state index in [0.29, 0.717) is 65.1 Å². The highest BCUT2D eigenvalue weighted by atomic mass is 79.9. The number of piperidine rings is 1. The first-order valence-electron chi connectivity index (χ1n) is 16.3. The Balaban J connectivity index is 1.14. The number of nitrogen functional groups attached to an aromatic ring is 1. The van der Waals surface area contributed by atoms with Gasteiger partial charge in [0.25, 0.3) is 0 Å². The summed E-state index contributed by atoms with van der Waals surface area (Å²) in [6, 6.07) is 12.0. The summed E-state index contributed by atoms with van der Waals surface area (Å²) >= 11 is 3.13. The number of aromatic nitrogens is 1. The summed E-state index contributed by atoms with van der Waals surface area (Å²) in [7, 11) is 0. The zero-order valence-electron chi connectivity index (χ0n) is 26.8. The van der Waals surface area contributed by atoms with Crippen LogP contribution in [0.1, 0.15) is 29.5 Å². The van der Waals surface area contributed by atoms with Gasteiger partial charge in [-0.1, -0.05) is 18.2 Å². The van der Waals surface area contributed by atoms with Crippen molar-refractivity contribution in [2.45, 2.75) is 43.9 Å². The Morgan fingerprint density at radius 1 is 0.980 bits per heavy atom. The largest absolute Gasteiger partial charge is 0.418 e. The zero-order valence-corrected chi connectivity index (χ0v) is 28.3. The van der Waals surface area contributed by atoms with Crippen molar-refractivity contribution >= 4 is 51.0 Å². The molecule has 49 heavy (non-hydrogen) atoms. The molecule has 2 aromatic carbocycles. The van der Waals surface area contributed by atoms with E-state index >= 15 is 0 Å². The van der Waals surface area contributed by atoms with Crippen molar-refractivity contribution in [2.75, 3.05) is 61.8 Å². The number of nitrogens with two attached hydrogens (primary N) is 1. The molecule has 4 N–H and O–H groups in total. The van der Waals surface area contributed by atoms with Gasteiger partial charge in [0.05, 0.1) is 11.3 Å². The van der Waals surface area contributed by atoms with Crippen LogP contribution in [0.5, 0.6) is 0 Å². The van der Waals surface area contributed by atoms with Crippen LogP contribution in [-0.2, 0) is 23.8 Å². The first-order chi connectivity index (χ1) is 23.5. The van der Waals surface area contributed by atoms with Gasteiger partial charge in [-0.3, -0.25) is 9.78 Å². The van der Waals surface area contributed by atoms with Crippen molar-refractivity contribution in [3.8, 4) is 0 Å². The number of nitrogens with one attached hydrogen (secondary N) is 2. The molecule has 0 unspecified atom stereocenters. The second kappa shape index (κ2) is 14.5. The fraction of sp³-hybridized carbons (Fsp3) is 0.412. The van der Waals surface area contributed by atoms with Crippen LogP contribution in [0.2, 0.25) is 0 Å². The fourth-order valence-electron chi connectivity index (χ4n) is 6.78. The summed E-state index contributed by atoms with van der Waals surface area (Å²) in [5.41, 5.74) is 7.33. The molecule has 2 saturated heterocycles. The summed E-state index contributed by atoms with van der Waals surface area (Å²) in [5.74, 6) is -0.375. The number of alkyl halides is 3. The number of benzene rings is 2. The van der Waals surface area contributed by atoms with Crippen LogP contribution in [0.15, 0.2) is 65.4 Å². The highest BCUT2D eigenvalue weighted by Crippen LogP contribution is 2.38. The van der Waals surface area contributed by atoms with Gasteiger partial charge in [-0.25, -0.2) is 9.59 Å². The Labute approximate surface area is 290 Å². The monoisotopic (exact) mass is 742 g/mol. The molecule has 15 heteroatoms. The van der Waals surface area contributed by atoms with Crippen LogP contribution in [0.3, 0.4) is 0 Å². The van der Waals surface area contributed by atoms with E-state index in [1.807, 2.05) is 41.3 Å². The zero-order chi connectivity index (χ0) is 34.7. The molecule has 2 fully saturated rings. The molecule has 11 nitrogen and oxygen atoms in total.